The molecule has 3 aliphatic carbocycles. The first-order valence-electron chi connectivity index (χ1n) is 8.72. The van der Waals surface area contributed by atoms with Crippen molar-refractivity contribution in [1.29, 1.82) is 0 Å². The molecule has 1 aromatic carbocycles. The summed E-state index contributed by atoms with van der Waals surface area (Å²) in [5.74, 6) is 0.721. The summed E-state index contributed by atoms with van der Waals surface area (Å²) in [5, 5.41) is 0. The van der Waals surface area contributed by atoms with Gasteiger partial charge in [-0.1, -0.05) is 55.5 Å². The third kappa shape index (κ3) is 2.44. The normalized spacial score (nSPS) is 35.5. The number of fused-ring (bicyclic) bond motifs is 2. The molecule has 5 rings (SSSR count). The van der Waals surface area contributed by atoms with Gasteiger partial charge in [0.2, 0.25) is 0 Å². The van der Waals surface area contributed by atoms with Crippen LogP contribution in [0.3, 0.4) is 0 Å². The molecule has 4 aliphatic rings. The van der Waals surface area contributed by atoms with E-state index in [1.165, 1.54) is 23.4 Å². The van der Waals surface area contributed by atoms with Crippen LogP contribution in [0, 0.1) is 11.3 Å². The van der Waals surface area contributed by atoms with Gasteiger partial charge in [0.25, 0.3) is 0 Å². The molecule has 4 unspecified atom stereocenters. The Kier molecular flexibility index (Phi) is 3.86. The van der Waals surface area contributed by atoms with Crippen LogP contribution in [-0.2, 0) is 18.6 Å². The minimum absolute atomic E-state index is 0. The molecular formula is C21H22N2V. The molecule has 1 heterocycles. The number of aliphatic imine (C=N–C) groups is 1. The van der Waals surface area contributed by atoms with Gasteiger partial charge in [-0.05, 0) is 48.3 Å². The standard InChI is InChI=1S/C21H22N2.V/c1-21-12-11-15(13-16(21)14-21)20-22-18-9-5-6-10-19(18)23(20)17-7-3-2-4-8-17;/h2-4,6-8,10-13,16,19-20H,5,9,14H2,1H3;. The van der Waals surface area contributed by atoms with Crippen LogP contribution in [0.25, 0.3) is 0 Å². The number of benzene rings is 1. The van der Waals surface area contributed by atoms with Gasteiger partial charge in [0, 0.05) is 30.0 Å². The largest absolute Gasteiger partial charge is 0.334 e. The van der Waals surface area contributed by atoms with Crippen molar-refractivity contribution in [2.45, 2.75) is 38.4 Å². The van der Waals surface area contributed by atoms with Gasteiger partial charge >= 0.3 is 0 Å². The molecule has 1 aromatic rings. The molecule has 0 spiro atoms. The van der Waals surface area contributed by atoms with Crippen LogP contribution in [0.2, 0.25) is 0 Å². The maximum absolute atomic E-state index is 5.14. The van der Waals surface area contributed by atoms with E-state index in [9.17, 15) is 0 Å². The summed E-state index contributed by atoms with van der Waals surface area (Å²) >= 11 is 0. The molecule has 0 amide bonds. The van der Waals surface area contributed by atoms with Gasteiger partial charge in [-0.15, -0.1) is 0 Å². The fourth-order valence-corrected chi connectivity index (χ4v) is 4.22. The van der Waals surface area contributed by atoms with Gasteiger partial charge in [0.1, 0.15) is 6.17 Å². The molecule has 2 nitrogen and oxygen atoms in total. The van der Waals surface area contributed by atoms with Crippen LogP contribution in [0.1, 0.15) is 26.2 Å². The summed E-state index contributed by atoms with van der Waals surface area (Å²) in [4.78, 5) is 7.63. The molecule has 0 N–H and O–H groups in total. The van der Waals surface area contributed by atoms with Crippen LogP contribution in [-0.4, -0.2) is 17.9 Å². The molecule has 1 aliphatic heterocycles. The third-order valence-electron chi connectivity index (χ3n) is 5.83. The molecule has 0 aromatic heterocycles. The van der Waals surface area contributed by atoms with E-state index < -0.39 is 0 Å². The molecule has 1 saturated carbocycles. The first-order valence-corrected chi connectivity index (χ1v) is 8.72. The van der Waals surface area contributed by atoms with Crippen molar-refractivity contribution in [3.8, 4) is 0 Å². The number of allylic oxidation sites excluding steroid dienone is 3. The number of hydrogen-bond donors (Lipinski definition) is 0. The Morgan fingerprint density at radius 2 is 2.04 bits per heavy atom. The summed E-state index contributed by atoms with van der Waals surface area (Å²) < 4.78 is 0. The second kappa shape index (κ2) is 5.79. The zero-order valence-electron chi connectivity index (χ0n) is 14.0. The Hall–Kier alpha value is -1.51. The molecule has 4 atom stereocenters. The van der Waals surface area contributed by atoms with Crippen molar-refractivity contribution in [3.63, 3.8) is 0 Å². The van der Waals surface area contributed by atoms with E-state index in [1.807, 2.05) is 0 Å². The number of nitrogens with zero attached hydrogens (tertiary/aromatic N) is 2. The van der Waals surface area contributed by atoms with Crippen molar-refractivity contribution in [2.24, 2.45) is 16.3 Å². The fraction of sp³-hybridized carbons (Fsp3) is 0.381. The molecule has 0 bridgehead atoms. The molecule has 24 heavy (non-hydrogen) atoms. The molecule has 0 saturated heterocycles. The van der Waals surface area contributed by atoms with Crippen molar-refractivity contribution in [1.82, 2.24) is 0 Å². The van der Waals surface area contributed by atoms with E-state index in [0.717, 1.165) is 18.8 Å². The molecule has 1 fully saturated rings. The average Bonchev–Trinajstić information content (AvgIpc) is 3.12. The maximum atomic E-state index is 5.14. The summed E-state index contributed by atoms with van der Waals surface area (Å²) in [6, 6.07) is 11.1. The zero-order valence-corrected chi connectivity index (χ0v) is 15.4. The molecular weight excluding hydrogens is 331 g/mol. The first-order chi connectivity index (χ1) is 11.2. The van der Waals surface area contributed by atoms with Gasteiger partial charge in [-0.25, -0.2) is 0 Å². The number of para-hydroxylation sites is 1. The topological polar surface area (TPSA) is 15.6 Å². The predicted octanol–water partition coefficient (Wildman–Crippen LogP) is 4.51. The maximum Gasteiger partial charge on any atom is 0.147 e. The van der Waals surface area contributed by atoms with E-state index in [-0.39, 0.29) is 24.7 Å². The van der Waals surface area contributed by atoms with Crippen molar-refractivity contribution < 1.29 is 18.6 Å². The van der Waals surface area contributed by atoms with E-state index in [1.54, 1.807) is 0 Å². The van der Waals surface area contributed by atoms with Crippen LogP contribution < -0.4 is 4.90 Å². The summed E-state index contributed by atoms with van der Waals surface area (Å²) in [6.07, 6.45) is 15.5. The predicted molar refractivity (Wildman–Crippen MR) is 95.7 cm³/mol. The minimum atomic E-state index is 0. The Morgan fingerprint density at radius 1 is 1.21 bits per heavy atom. The first kappa shape index (κ1) is 16.0. The van der Waals surface area contributed by atoms with Crippen molar-refractivity contribution in [2.75, 3.05) is 4.90 Å². The number of anilines is 1. The Morgan fingerprint density at radius 3 is 2.83 bits per heavy atom. The summed E-state index contributed by atoms with van der Waals surface area (Å²) in [7, 11) is 0. The smallest absolute Gasteiger partial charge is 0.147 e. The monoisotopic (exact) mass is 353 g/mol. The molecule has 121 valence electrons. The quantitative estimate of drug-likeness (QED) is 0.714. The van der Waals surface area contributed by atoms with Crippen molar-refractivity contribution in [3.05, 3.63) is 66.3 Å². The van der Waals surface area contributed by atoms with Gasteiger partial charge < -0.3 is 4.90 Å². The van der Waals surface area contributed by atoms with Crippen LogP contribution >= 0.6 is 0 Å². The van der Waals surface area contributed by atoms with E-state index in [4.69, 9.17) is 4.99 Å². The number of rotatable bonds is 2. The van der Waals surface area contributed by atoms with Crippen LogP contribution in [0.5, 0.6) is 0 Å². The Balaban J connectivity index is 0.00000146. The second-order valence-electron chi connectivity index (χ2n) is 7.47. The van der Waals surface area contributed by atoms with E-state index in [0.29, 0.717) is 11.5 Å². The number of hydrogen-bond acceptors (Lipinski definition) is 2. The second-order valence-corrected chi connectivity index (χ2v) is 7.47. The SMILES string of the molecule is CC12C=CC(C3N=C4CCC=CC4N3c3ccccc3)=CC1C2.[V]. The van der Waals surface area contributed by atoms with Crippen LogP contribution in [0.4, 0.5) is 5.69 Å². The van der Waals surface area contributed by atoms with Gasteiger partial charge in [-0.3, -0.25) is 4.99 Å². The van der Waals surface area contributed by atoms with E-state index >= 15 is 0 Å². The van der Waals surface area contributed by atoms with Crippen molar-refractivity contribution >= 4 is 11.4 Å². The fourth-order valence-electron chi connectivity index (χ4n) is 4.22. The van der Waals surface area contributed by atoms with Gasteiger partial charge in [0.15, 0.2) is 0 Å². The molecule has 3 heteroatoms. The Labute approximate surface area is 155 Å². The summed E-state index contributed by atoms with van der Waals surface area (Å²) in [5.41, 5.74) is 4.43. The minimum Gasteiger partial charge on any atom is -0.334 e. The van der Waals surface area contributed by atoms with E-state index in [2.05, 4.69) is 72.5 Å². The average molecular weight is 353 g/mol. The third-order valence-corrected chi connectivity index (χ3v) is 5.83. The summed E-state index contributed by atoms with van der Waals surface area (Å²) in [6.45, 7) is 2.36. The zero-order chi connectivity index (χ0) is 15.4. The molecule has 1 radical (unpaired) electrons. The Bertz CT molecular complexity index is 761. The van der Waals surface area contributed by atoms with Gasteiger partial charge in [-0.2, -0.15) is 0 Å². The van der Waals surface area contributed by atoms with Crippen LogP contribution in [0.15, 0.2) is 71.3 Å². The van der Waals surface area contributed by atoms with Gasteiger partial charge in [0.05, 0.1) is 6.04 Å².